The minimum atomic E-state index is -1.15. The Bertz CT molecular complexity index is 1010. The minimum absolute atomic E-state index is 0.207. The number of aryl methyl sites for hydroxylation is 1. The number of nitrogens with one attached hydrogen (secondary N) is 1. The van der Waals surface area contributed by atoms with E-state index in [9.17, 15) is 14.7 Å². The summed E-state index contributed by atoms with van der Waals surface area (Å²) < 4.78 is 5.34. The number of carboxylic acid groups (broad SMARTS) is 1. The van der Waals surface area contributed by atoms with Gasteiger partial charge in [-0.3, -0.25) is 4.79 Å². The highest BCUT2D eigenvalue weighted by molar-refractivity contribution is 5.97. The van der Waals surface area contributed by atoms with Gasteiger partial charge in [0.25, 0.3) is 5.91 Å². The molecule has 1 unspecified atom stereocenters. The van der Waals surface area contributed by atoms with Crippen LogP contribution in [0.3, 0.4) is 0 Å². The van der Waals surface area contributed by atoms with Crippen LogP contribution in [-0.2, 0) is 17.6 Å². The summed E-state index contributed by atoms with van der Waals surface area (Å²) in [4.78, 5) is 24.6. The fourth-order valence-electron chi connectivity index (χ4n) is 3.61. The van der Waals surface area contributed by atoms with Gasteiger partial charge < -0.3 is 14.9 Å². The predicted octanol–water partition coefficient (Wildman–Crippen LogP) is 3.65. The third-order valence-corrected chi connectivity index (χ3v) is 5.04. The van der Waals surface area contributed by atoms with Gasteiger partial charge in [-0.1, -0.05) is 48.0 Å². The quantitative estimate of drug-likeness (QED) is 0.689. The first-order chi connectivity index (χ1) is 13.1. The summed E-state index contributed by atoms with van der Waals surface area (Å²) in [7, 11) is 0. The van der Waals surface area contributed by atoms with Crippen molar-refractivity contribution >= 4 is 22.6 Å². The van der Waals surface area contributed by atoms with E-state index >= 15 is 0 Å². The summed E-state index contributed by atoms with van der Waals surface area (Å²) in [5.74, 6) is -0.883. The molecular formula is C21H20N2O4. The molecule has 6 heteroatoms. The number of aromatic nitrogens is 1. The Morgan fingerprint density at radius 3 is 2.63 bits per heavy atom. The standard InChI is InChI=1S/C21H20N2O4/c24-20(19-16-8-2-1-3-9-17(16)27-23-19)22-18(21(25)26)15-11-10-13-6-4-5-7-14(13)12-15/h4-7,10-12,18H,1-3,8-9H2,(H,22,24)(H,25,26). The Balaban J connectivity index is 1.62. The van der Waals surface area contributed by atoms with Gasteiger partial charge in [0.1, 0.15) is 5.76 Å². The Kier molecular flexibility index (Phi) is 4.62. The van der Waals surface area contributed by atoms with Gasteiger partial charge in [-0.15, -0.1) is 0 Å². The number of rotatable bonds is 4. The van der Waals surface area contributed by atoms with Gasteiger partial charge in [-0.05, 0) is 41.7 Å². The molecule has 4 rings (SSSR count). The number of aliphatic carboxylic acids is 1. The molecule has 1 aliphatic carbocycles. The van der Waals surface area contributed by atoms with E-state index in [0.29, 0.717) is 5.56 Å². The van der Waals surface area contributed by atoms with Gasteiger partial charge >= 0.3 is 5.97 Å². The number of hydrogen-bond acceptors (Lipinski definition) is 4. The SMILES string of the molecule is O=C(NC(C(=O)O)c1ccc2ccccc2c1)c1noc2c1CCCCC2. The lowest BCUT2D eigenvalue weighted by Crippen LogP contribution is -2.34. The van der Waals surface area contributed by atoms with E-state index in [0.717, 1.165) is 54.2 Å². The summed E-state index contributed by atoms with van der Waals surface area (Å²) in [6, 6.07) is 11.9. The van der Waals surface area contributed by atoms with Gasteiger partial charge in [0, 0.05) is 12.0 Å². The summed E-state index contributed by atoms with van der Waals surface area (Å²) in [6.07, 6.45) is 4.57. The van der Waals surface area contributed by atoms with E-state index in [-0.39, 0.29) is 5.69 Å². The molecule has 1 heterocycles. The summed E-state index contributed by atoms with van der Waals surface area (Å²) in [6.45, 7) is 0. The second-order valence-electron chi connectivity index (χ2n) is 6.84. The van der Waals surface area contributed by atoms with Gasteiger partial charge in [0.15, 0.2) is 11.7 Å². The first kappa shape index (κ1) is 17.3. The lowest BCUT2D eigenvalue weighted by molar-refractivity contribution is -0.139. The summed E-state index contributed by atoms with van der Waals surface area (Å²) in [5.41, 5.74) is 1.54. The van der Waals surface area contributed by atoms with E-state index in [1.165, 1.54) is 0 Å². The maximum atomic E-state index is 12.7. The lowest BCUT2D eigenvalue weighted by atomic mass is 10.0. The predicted molar refractivity (Wildman–Crippen MR) is 99.6 cm³/mol. The lowest BCUT2D eigenvalue weighted by Gasteiger charge is -2.15. The van der Waals surface area contributed by atoms with Crippen molar-refractivity contribution in [3.63, 3.8) is 0 Å². The van der Waals surface area contributed by atoms with Crippen LogP contribution in [-0.4, -0.2) is 22.1 Å². The maximum Gasteiger partial charge on any atom is 0.330 e. The van der Waals surface area contributed by atoms with E-state index < -0.39 is 17.9 Å². The molecular weight excluding hydrogens is 344 g/mol. The first-order valence-electron chi connectivity index (χ1n) is 9.13. The number of hydrogen-bond donors (Lipinski definition) is 2. The van der Waals surface area contributed by atoms with Crippen molar-refractivity contribution < 1.29 is 19.2 Å². The zero-order chi connectivity index (χ0) is 18.8. The topological polar surface area (TPSA) is 92.4 Å². The fourth-order valence-corrected chi connectivity index (χ4v) is 3.61. The van der Waals surface area contributed by atoms with Crippen LogP contribution in [0.2, 0.25) is 0 Å². The first-order valence-corrected chi connectivity index (χ1v) is 9.13. The highest BCUT2D eigenvalue weighted by Crippen LogP contribution is 2.25. The molecule has 138 valence electrons. The molecule has 1 aliphatic rings. The van der Waals surface area contributed by atoms with Crippen LogP contribution in [0.25, 0.3) is 10.8 Å². The number of carbonyl (C=O) groups excluding carboxylic acids is 1. The molecule has 2 aromatic carbocycles. The van der Waals surface area contributed by atoms with Crippen molar-refractivity contribution in [2.75, 3.05) is 0 Å². The molecule has 0 saturated heterocycles. The molecule has 0 bridgehead atoms. The number of amides is 1. The Hall–Kier alpha value is -3.15. The van der Waals surface area contributed by atoms with Crippen molar-refractivity contribution in [2.24, 2.45) is 0 Å². The molecule has 3 aromatic rings. The number of fused-ring (bicyclic) bond motifs is 2. The van der Waals surface area contributed by atoms with Crippen molar-refractivity contribution in [3.8, 4) is 0 Å². The van der Waals surface area contributed by atoms with Crippen molar-refractivity contribution in [2.45, 2.75) is 38.1 Å². The normalized spacial score (nSPS) is 15.0. The molecule has 0 saturated carbocycles. The fraction of sp³-hybridized carbons (Fsp3) is 0.286. The van der Waals surface area contributed by atoms with Crippen molar-refractivity contribution in [3.05, 3.63) is 65.0 Å². The second kappa shape index (κ2) is 7.23. The minimum Gasteiger partial charge on any atom is -0.479 e. The van der Waals surface area contributed by atoms with Gasteiger partial charge in [-0.25, -0.2) is 4.79 Å². The zero-order valence-corrected chi connectivity index (χ0v) is 14.8. The smallest absolute Gasteiger partial charge is 0.330 e. The largest absolute Gasteiger partial charge is 0.479 e. The average molecular weight is 364 g/mol. The Morgan fingerprint density at radius 1 is 1.04 bits per heavy atom. The molecule has 0 fully saturated rings. The van der Waals surface area contributed by atoms with Crippen LogP contribution in [0, 0.1) is 0 Å². The summed E-state index contributed by atoms with van der Waals surface area (Å²) >= 11 is 0. The molecule has 0 radical (unpaired) electrons. The Morgan fingerprint density at radius 2 is 1.81 bits per heavy atom. The number of benzene rings is 2. The van der Waals surface area contributed by atoms with Crippen LogP contribution in [0.15, 0.2) is 47.0 Å². The Labute approximate surface area is 156 Å². The van der Waals surface area contributed by atoms with Gasteiger partial charge in [0.2, 0.25) is 0 Å². The second-order valence-corrected chi connectivity index (χ2v) is 6.84. The van der Waals surface area contributed by atoms with Crippen LogP contribution in [0.5, 0.6) is 0 Å². The molecule has 6 nitrogen and oxygen atoms in total. The van der Waals surface area contributed by atoms with Crippen LogP contribution in [0.1, 0.15) is 52.7 Å². The molecule has 2 N–H and O–H groups in total. The van der Waals surface area contributed by atoms with E-state index in [2.05, 4.69) is 10.5 Å². The third kappa shape index (κ3) is 3.43. The highest BCUT2D eigenvalue weighted by Gasteiger charge is 2.28. The number of carbonyl (C=O) groups is 2. The highest BCUT2D eigenvalue weighted by atomic mass is 16.5. The van der Waals surface area contributed by atoms with Crippen molar-refractivity contribution in [1.29, 1.82) is 0 Å². The molecule has 0 aliphatic heterocycles. The van der Waals surface area contributed by atoms with E-state index in [1.54, 1.807) is 12.1 Å². The average Bonchev–Trinajstić information content (AvgIpc) is 2.94. The van der Waals surface area contributed by atoms with Gasteiger partial charge in [0.05, 0.1) is 0 Å². The molecule has 1 atom stereocenters. The maximum absolute atomic E-state index is 12.7. The molecule has 1 amide bonds. The zero-order valence-electron chi connectivity index (χ0n) is 14.8. The van der Waals surface area contributed by atoms with Crippen LogP contribution in [0.4, 0.5) is 0 Å². The summed E-state index contributed by atoms with van der Waals surface area (Å²) in [5, 5.41) is 18.1. The monoisotopic (exact) mass is 364 g/mol. The number of carboxylic acids is 1. The van der Waals surface area contributed by atoms with Crippen LogP contribution >= 0.6 is 0 Å². The van der Waals surface area contributed by atoms with Gasteiger partial charge in [-0.2, -0.15) is 0 Å². The molecule has 0 spiro atoms. The molecule has 27 heavy (non-hydrogen) atoms. The van der Waals surface area contributed by atoms with E-state index in [4.69, 9.17) is 4.52 Å². The van der Waals surface area contributed by atoms with Crippen molar-refractivity contribution in [1.82, 2.24) is 10.5 Å². The molecule has 1 aromatic heterocycles. The number of nitrogens with zero attached hydrogens (tertiary/aromatic N) is 1. The van der Waals surface area contributed by atoms with Crippen LogP contribution < -0.4 is 5.32 Å². The third-order valence-electron chi connectivity index (χ3n) is 5.04. The van der Waals surface area contributed by atoms with E-state index in [1.807, 2.05) is 30.3 Å².